The van der Waals surface area contributed by atoms with Gasteiger partial charge in [0.25, 0.3) is 0 Å². The first-order chi connectivity index (χ1) is 13.6. The highest BCUT2D eigenvalue weighted by atomic mass is 35.5. The van der Waals surface area contributed by atoms with Crippen LogP contribution < -0.4 is 0 Å². The van der Waals surface area contributed by atoms with Crippen LogP contribution in [-0.2, 0) is 0 Å². The molecule has 28 heavy (non-hydrogen) atoms. The molecule has 4 rings (SSSR count). The van der Waals surface area contributed by atoms with E-state index in [1.54, 1.807) is 6.08 Å². The number of fused-ring (bicyclic) bond motifs is 1. The third kappa shape index (κ3) is 3.60. The van der Waals surface area contributed by atoms with Crippen LogP contribution in [0, 0.1) is 6.92 Å². The van der Waals surface area contributed by atoms with Gasteiger partial charge in [-0.2, -0.15) is 0 Å². The van der Waals surface area contributed by atoms with E-state index >= 15 is 0 Å². The van der Waals surface area contributed by atoms with Crippen LogP contribution in [0.15, 0.2) is 84.9 Å². The average molecular weight is 384 g/mol. The maximum Gasteiger partial charge on any atom is 0.188 e. The molecule has 136 valence electrons. The Balaban J connectivity index is 1.87. The third-order valence-electron chi connectivity index (χ3n) is 4.68. The van der Waals surface area contributed by atoms with Crippen LogP contribution in [0.1, 0.15) is 21.6 Å². The summed E-state index contributed by atoms with van der Waals surface area (Å²) in [5.74, 6) is -0.0652. The second-order valence-corrected chi connectivity index (χ2v) is 7.02. The number of nitrogens with zero attached hydrogens (tertiary/aromatic N) is 1. The molecule has 2 nitrogen and oxygen atoms in total. The van der Waals surface area contributed by atoms with Gasteiger partial charge in [-0.15, -0.1) is 0 Å². The van der Waals surface area contributed by atoms with Crippen molar-refractivity contribution >= 4 is 34.4 Å². The van der Waals surface area contributed by atoms with E-state index < -0.39 is 0 Å². The molecule has 0 aliphatic rings. The van der Waals surface area contributed by atoms with Crippen LogP contribution >= 0.6 is 11.6 Å². The summed E-state index contributed by atoms with van der Waals surface area (Å²) in [6.45, 7) is 1.89. The van der Waals surface area contributed by atoms with E-state index in [2.05, 4.69) is 4.98 Å². The second kappa shape index (κ2) is 7.79. The minimum Gasteiger partial charge on any atom is -0.289 e. The molecule has 0 aliphatic heterocycles. The van der Waals surface area contributed by atoms with Crippen LogP contribution in [0.2, 0.25) is 5.02 Å². The lowest BCUT2D eigenvalue weighted by molar-refractivity contribution is 0.104. The van der Waals surface area contributed by atoms with E-state index in [9.17, 15) is 4.79 Å². The van der Waals surface area contributed by atoms with Gasteiger partial charge in [0.2, 0.25) is 0 Å². The van der Waals surface area contributed by atoms with Gasteiger partial charge >= 0.3 is 0 Å². The van der Waals surface area contributed by atoms with Gasteiger partial charge in [-0.05, 0) is 42.3 Å². The third-order valence-corrected chi connectivity index (χ3v) is 4.93. The zero-order chi connectivity index (χ0) is 19.5. The van der Waals surface area contributed by atoms with Crippen molar-refractivity contribution in [3.8, 4) is 11.1 Å². The van der Waals surface area contributed by atoms with Crippen molar-refractivity contribution in [1.29, 1.82) is 0 Å². The van der Waals surface area contributed by atoms with Gasteiger partial charge in [0, 0.05) is 21.7 Å². The smallest absolute Gasteiger partial charge is 0.188 e. The molecule has 0 aliphatic carbocycles. The Morgan fingerprint density at radius 1 is 0.893 bits per heavy atom. The van der Waals surface area contributed by atoms with E-state index in [1.807, 2.05) is 91.9 Å². The monoisotopic (exact) mass is 383 g/mol. The van der Waals surface area contributed by atoms with E-state index in [1.165, 1.54) is 0 Å². The van der Waals surface area contributed by atoms with Gasteiger partial charge in [0.15, 0.2) is 5.78 Å². The lowest BCUT2D eigenvalue weighted by Crippen LogP contribution is -2.05. The maximum atomic E-state index is 13.2. The lowest BCUT2D eigenvalue weighted by atomic mass is 9.92. The van der Waals surface area contributed by atoms with E-state index in [4.69, 9.17) is 11.6 Å². The van der Waals surface area contributed by atoms with Crippen molar-refractivity contribution in [2.24, 2.45) is 0 Å². The molecule has 0 saturated carbocycles. The Morgan fingerprint density at radius 2 is 1.57 bits per heavy atom. The van der Waals surface area contributed by atoms with Crippen LogP contribution in [0.5, 0.6) is 0 Å². The Hall–Kier alpha value is -3.23. The summed E-state index contributed by atoms with van der Waals surface area (Å²) in [6.07, 6.45) is 3.41. The maximum absolute atomic E-state index is 13.2. The summed E-state index contributed by atoms with van der Waals surface area (Å²) in [5, 5.41) is 1.65. The summed E-state index contributed by atoms with van der Waals surface area (Å²) in [7, 11) is 0. The first-order valence-corrected chi connectivity index (χ1v) is 9.44. The average Bonchev–Trinajstić information content (AvgIpc) is 2.72. The Morgan fingerprint density at radius 3 is 2.32 bits per heavy atom. The predicted octanol–water partition coefficient (Wildman–Crippen LogP) is 6.76. The van der Waals surface area contributed by atoms with Crippen molar-refractivity contribution in [2.75, 3.05) is 0 Å². The minimum absolute atomic E-state index is 0.0652. The number of carbonyl (C=O) groups excluding carboxylic acids is 1. The van der Waals surface area contributed by atoms with Gasteiger partial charge in [0.1, 0.15) is 0 Å². The number of carbonyl (C=O) groups is 1. The van der Waals surface area contributed by atoms with E-state index in [0.717, 1.165) is 33.3 Å². The Bertz CT molecular complexity index is 1180. The highest BCUT2D eigenvalue weighted by Gasteiger charge is 2.18. The summed E-state index contributed by atoms with van der Waals surface area (Å²) in [5.41, 5.74) is 5.10. The fraction of sp³-hybridized carbons (Fsp3) is 0.0400. The molecule has 0 saturated heterocycles. The Labute approximate surface area is 169 Å². The zero-order valence-electron chi connectivity index (χ0n) is 15.4. The quantitative estimate of drug-likeness (QED) is 0.288. The fourth-order valence-corrected chi connectivity index (χ4v) is 3.50. The number of aromatic nitrogens is 1. The molecule has 4 aromatic rings. The van der Waals surface area contributed by atoms with E-state index in [0.29, 0.717) is 10.6 Å². The van der Waals surface area contributed by atoms with Crippen molar-refractivity contribution in [3.05, 3.63) is 107 Å². The number of para-hydroxylation sites is 1. The SMILES string of the molecule is Cc1nc2ccccc2c(-c2ccccc2)c1C(=O)C=Cc1ccc(Cl)cc1. The normalized spacial score (nSPS) is 11.2. The molecule has 0 fully saturated rings. The van der Waals surface area contributed by atoms with Gasteiger partial charge in [-0.25, -0.2) is 0 Å². The molecule has 0 bridgehead atoms. The fourth-order valence-electron chi connectivity index (χ4n) is 3.37. The van der Waals surface area contributed by atoms with E-state index in [-0.39, 0.29) is 5.78 Å². The number of ketones is 1. The molecular weight excluding hydrogens is 366 g/mol. The Kier molecular flexibility index (Phi) is 5.05. The number of benzene rings is 3. The van der Waals surface area contributed by atoms with Crippen LogP contribution in [0.25, 0.3) is 28.1 Å². The largest absolute Gasteiger partial charge is 0.289 e. The molecule has 1 heterocycles. The van der Waals surface area contributed by atoms with Crippen LogP contribution in [0.3, 0.4) is 0 Å². The molecule has 3 heteroatoms. The number of hydrogen-bond donors (Lipinski definition) is 0. The highest BCUT2D eigenvalue weighted by Crippen LogP contribution is 2.33. The predicted molar refractivity (Wildman–Crippen MR) is 117 cm³/mol. The van der Waals surface area contributed by atoms with Crippen molar-refractivity contribution in [2.45, 2.75) is 6.92 Å². The topological polar surface area (TPSA) is 30.0 Å². The molecule has 0 unspecified atom stereocenters. The standard InChI is InChI=1S/C25H18ClNO/c1-17-24(23(28)16-13-18-11-14-20(26)15-12-18)25(19-7-3-2-4-8-19)21-9-5-6-10-22(21)27-17/h2-16H,1H3. The molecule has 0 atom stereocenters. The van der Waals surface area contributed by atoms with Crippen LogP contribution in [-0.4, -0.2) is 10.8 Å². The number of pyridine rings is 1. The molecular formula is C25H18ClNO. The summed E-state index contributed by atoms with van der Waals surface area (Å²) < 4.78 is 0. The van der Waals surface area contributed by atoms with Gasteiger partial charge in [-0.3, -0.25) is 9.78 Å². The van der Waals surface area contributed by atoms with Crippen molar-refractivity contribution < 1.29 is 4.79 Å². The summed E-state index contributed by atoms with van der Waals surface area (Å²) in [6, 6.07) is 25.3. The highest BCUT2D eigenvalue weighted by molar-refractivity contribution is 6.30. The number of rotatable bonds is 4. The molecule has 0 N–H and O–H groups in total. The number of hydrogen-bond acceptors (Lipinski definition) is 2. The van der Waals surface area contributed by atoms with Crippen molar-refractivity contribution in [3.63, 3.8) is 0 Å². The number of halogens is 1. The summed E-state index contributed by atoms with van der Waals surface area (Å²) in [4.78, 5) is 17.9. The molecule has 1 aromatic heterocycles. The molecule has 0 spiro atoms. The lowest BCUT2D eigenvalue weighted by Gasteiger charge is -2.14. The summed E-state index contributed by atoms with van der Waals surface area (Å²) >= 11 is 5.94. The molecule has 0 amide bonds. The first kappa shape index (κ1) is 18.1. The molecule has 3 aromatic carbocycles. The number of allylic oxidation sites excluding steroid dienone is 1. The first-order valence-electron chi connectivity index (χ1n) is 9.06. The minimum atomic E-state index is -0.0652. The molecule has 0 radical (unpaired) electrons. The van der Waals surface area contributed by atoms with Crippen molar-refractivity contribution in [1.82, 2.24) is 4.98 Å². The van der Waals surface area contributed by atoms with Gasteiger partial charge in [0.05, 0.1) is 11.1 Å². The van der Waals surface area contributed by atoms with Crippen LogP contribution in [0.4, 0.5) is 0 Å². The van der Waals surface area contributed by atoms with Gasteiger partial charge in [-0.1, -0.05) is 78.3 Å². The number of aryl methyl sites for hydroxylation is 1. The second-order valence-electron chi connectivity index (χ2n) is 6.58. The van der Waals surface area contributed by atoms with Gasteiger partial charge < -0.3 is 0 Å². The zero-order valence-corrected chi connectivity index (χ0v) is 16.1.